The number of nitrogens with zero attached hydrogens (tertiary/aromatic N) is 1. The van der Waals surface area contributed by atoms with Crippen LogP contribution in [-0.2, 0) is 11.2 Å². The van der Waals surface area contributed by atoms with E-state index in [0.717, 1.165) is 16.8 Å². The SMILES string of the molecule is O=C1C=c2cc(Cc3cc(F)cc(F)c3)ccc2=N1. The molecule has 94 valence electrons. The number of benzene rings is 2. The molecule has 0 aromatic heterocycles. The van der Waals surface area contributed by atoms with Gasteiger partial charge in [0.25, 0.3) is 5.91 Å². The van der Waals surface area contributed by atoms with E-state index in [1.54, 1.807) is 12.1 Å². The molecule has 0 N–H and O–H groups in total. The third-order valence-electron chi connectivity index (χ3n) is 2.93. The van der Waals surface area contributed by atoms with Crippen molar-refractivity contribution < 1.29 is 13.6 Å². The summed E-state index contributed by atoms with van der Waals surface area (Å²) in [7, 11) is 0. The molecule has 1 aliphatic rings. The second kappa shape index (κ2) is 4.39. The number of hydrogen-bond donors (Lipinski definition) is 0. The number of carbonyl (C=O) groups excluding carboxylic acids is 1. The molecular weight excluding hydrogens is 248 g/mol. The maximum Gasteiger partial charge on any atom is 0.270 e. The molecule has 0 spiro atoms. The summed E-state index contributed by atoms with van der Waals surface area (Å²) in [6, 6.07) is 8.80. The van der Waals surface area contributed by atoms with E-state index in [1.165, 1.54) is 18.2 Å². The molecule has 0 saturated carbocycles. The fourth-order valence-corrected chi connectivity index (χ4v) is 2.16. The third-order valence-corrected chi connectivity index (χ3v) is 2.93. The van der Waals surface area contributed by atoms with Gasteiger partial charge < -0.3 is 0 Å². The lowest BCUT2D eigenvalue weighted by Gasteiger charge is -2.02. The van der Waals surface area contributed by atoms with Crippen molar-refractivity contribution in [3.63, 3.8) is 0 Å². The van der Waals surface area contributed by atoms with Crippen LogP contribution in [-0.4, -0.2) is 5.91 Å². The maximum atomic E-state index is 13.1. The summed E-state index contributed by atoms with van der Waals surface area (Å²) in [5, 5.41) is 1.39. The van der Waals surface area contributed by atoms with Gasteiger partial charge in [0.15, 0.2) is 0 Å². The molecule has 0 radical (unpaired) electrons. The Hall–Kier alpha value is -2.36. The van der Waals surface area contributed by atoms with Crippen LogP contribution in [0.2, 0.25) is 0 Å². The molecule has 1 aliphatic heterocycles. The fourth-order valence-electron chi connectivity index (χ4n) is 2.16. The van der Waals surface area contributed by atoms with Crippen molar-refractivity contribution in [1.29, 1.82) is 0 Å². The highest BCUT2D eigenvalue weighted by molar-refractivity contribution is 6.06. The van der Waals surface area contributed by atoms with Crippen molar-refractivity contribution in [1.82, 2.24) is 0 Å². The monoisotopic (exact) mass is 257 g/mol. The van der Waals surface area contributed by atoms with Crippen LogP contribution in [0.5, 0.6) is 0 Å². The average molecular weight is 257 g/mol. The smallest absolute Gasteiger partial charge is 0.267 e. The van der Waals surface area contributed by atoms with Gasteiger partial charge in [0, 0.05) is 17.4 Å². The Bertz CT molecular complexity index is 776. The minimum atomic E-state index is -0.590. The summed E-state index contributed by atoms with van der Waals surface area (Å²) in [4.78, 5) is 15.0. The quantitative estimate of drug-likeness (QED) is 0.801. The van der Waals surface area contributed by atoms with Gasteiger partial charge in [0.1, 0.15) is 11.6 Å². The number of amides is 1. The molecule has 0 fully saturated rings. The Morgan fingerprint density at radius 3 is 2.42 bits per heavy atom. The van der Waals surface area contributed by atoms with Crippen molar-refractivity contribution in [3.8, 4) is 0 Å². The van der Waals surface area contributed by atoms with Crippen LogP contribution >= 0.6 is 0 Å². The Morgan fingerprint density at radius 1 is 0.947 bits per heavy atom. The van der Waals surface area contributed by atoms with Crippen LogP contribution in [0, 0.1) is 11.6 Å². The van der Waals surface area contributed by atoms with Gasteiger partial charge in [0.2, 0.25) is 0 Å². The van der Waals surface area contributed by atoms with Crippen LogP contribution in [0.25, 0.3) is 6.08 Å². The summed E-state index contributed by atoms with van der Waals surface area (Å²) in [5.41, 5.74) is 1.43. The normalized spacial score (nSPS) is 12.8. The van der Waals surface area contributed by atoms with Gasteiger partial charge in [-0.3, -0.25) is 4.79 Å². The minimum absolute atomic E-state index is 0.274. The summed E-state index contributed by atoms with van der Waals surface area (Å²) in [5.74, 6) is -1.45. The molecule has 19 heavy (non-hydrogen) atoms. The molecule has 1 amide bonds. The fraction of sp³-hybridized carbons (Fsp3) is 0.0667. The first-order valence-electron chi connectivity index (χ1n) is 5.78. The van der Waals surface area contributed by atoms with E-state index in [-0.39, 0.29) is 5.91 Å². The van der Waals surface area contributed by atoms with E-state index in [4.69, 9.17) is 0 Å². The van der Waals surface area contributed by atoms with Crippen LogP contribution in [0.1, 0.15) is 11.1 Å². The summed E-state index contributed by atoms with van der Waals surface area (Å²) in [6.45, 7) is 0. The van der Waals surface area contributed by atoms with Crippen molar-refractivity contribution in [2.75, 3.05) is 0 Å². The van der Waals surface area contributed by atoms with E-state index in [9.17, 15) is 13.6 Å². The molecule has 1 heterocycles. The van der Waals surface area contributed by atoms with Gasteiger partial charge in [-0.15, -0.1) is 0 Å². The van der Waals surface area contributed by atoms with Gasteiger partial charge in [-0.1, -0.05) is 6.07 Å². The molecule has 2 aromatic carbocycles. The Labute approximate surface area is 107 Å². The first-order valence-corrected chi connectivity index (χ1v) is 5.78. The highest BCUT2D eigenvalue weighted by Gasteiger charge is 2.06. The molecule has 0 unspecified atom stereocenters. The topological polar surface area (TPSA) is 29.4 Å². The number of rotatable bonds is 2. The van der Waals surface area contributed by atoms with E-state index in [1.807, 2.05) is 6.07 Å². The first kappa shape index (κ1) is 11.7. The second-order valence-corrected chi connectivity index (χ2v) is 4.44. The van der Waals surface area contributed by atoms with Crippen molar-refractivity contribution in [2.45, 2.75) is 6.42 Å². The summed E-state index contributed by atoms with van der Waals surface area (Å²) >= 11 is 0. The predicted octanol–water partition coefficient (Wildman–Crippen LogP) is 1.50. The molecule has 0 bridgehead atoms. The number of halogens is 2. The predicted molar refractivity (Wildman–Crippen MR) is 65.9 cm³/mol. The second-order valence-electron chi connectivity index (χ2n) is 4.44. The molecule has 2 aromatic rings. The standard InChI is InChI=1S/C15H9F2NO/c16-12-5-10(6-13(17)8-12)3-9-1-2-14-11(4-9)7-15(19)18-14/h1-2,4-8H,3H2. The zero-order chi connectivity index (χ0) is 13.4. The van der Waals surface area contributed by atoms with Gasteiger partial charge in [-0.05, 0) is 41.8 Å². The molecule has 2 nitrogen and oxygen atoms in total. The zero-order valence-corrected chi connectivity index (χ0v) is 9.86. The van der Waals surface area contributed by atoms with Crippen LogP contribution < -0.4 is 10.6 Å². The highest BCUT2D eigenvalue weighted by atomic mass is 19.1. The van der Waals surface area contributed by atoms with Crippen molar-refractivity contribution in [3.05, 3.63) is 69.7 Å². The van der Waals surface area contributed by atoms with E-state index in [2.05, 4.69) is 4.99 Å². The lowest BCUT2D eigenvalue weighted by atomic mass is 10.0. The van der Waals surface area contributed by atoms with Crippen molar-refractivity contribution >= 4 is 12.0 Å². The summed E-state index contributed by atoms with van der Waals surface area (Å²) in [6.07, 6.45) is 1.86. The summed E-state index contributed by atoms with van der Waals surface area (Å²) < 4.78 is 26.2. The van der Waals surface area contributed by atoms with Crippen LogP contribution in [0.3, 0.4) is 0 Å². The van der Waals surface area contributed by atoms with Gasteiger partial charge in [-0.25, -0.2) is 13.8 Å². The van der Waals surface area contributed by atoms with Crippen LogP contribution in [0.4, 0.5) is 8.78 Å². The number of carbonyl (C=O) groups is 1. The third kappa shape index (κ3) is 2.42. The molecule has 4 heteroatoms. The van der Waals surface area contributed by atoms with E-state index < -0.39 is 11.6 Å². The Balaban J connectivity index is 1.97. The molecule has 0 aliphatic carbocycles. The number of fused-ring (bicyclic) bond motifs is 1. The lowest BCUT2D eigenvalue weighted by Crippen LogP contribution is -2.21. The number of hydrogen-bond acceptors (Lipinski definition) is 1. The van der Waals surface area contributed by atoms with E-state index >= 15 is 0 Å². The molecular formula is C15H9F2NO. The van der Waals surface area contributed by atoms with Crippen LogP contribution in [0.15, 0.2) is 41.4 Å². The molecule has 0 atom stereocenters. The van der Waals surface area contributed by atoms with E-state index in [0.29, 0.717) is 17.3 Å². The Morgan fingerprint density at radius 2 is 1.68 bits per heavy atom. The zero-order valence-electron chi connectivity index (χ0n) is 9.86. The Kier molecular flexibility index (Phi) is 2.71. The minimum Gasteiger partial charge on any atom is -0.267 e. The maximum absolute atomic E-state index is 13.1. The molecule has 3 rings (SSSR count). The first-order chi connectivity index (χ1) is 9.10. The molecule has 0 saturated heterocycles. The van der Waals surface area contributed by atoms with Gasteiger partial charge in [0.05, 0.1) is 5.36 Å². The lowest BCUT2D eigenvalue weighted by molar-refractivity contribution is -0.112. The average Bonchev–Trinajstić information content (AvgIpc) is 2.67. The van der Waals surface area contributed by atoms with Gasteiger partial charge >= 0.3 is 0 Å². The largest absolute Gasteiger partial charge is 0.270 e. The van der Waals surface area contributed by atoms with Gasteiger partial charge in [-0.2, -0.15) is 0 Å². The highest BCUT2D eigenvalue weighted by Crippen LogP contribution is 2.12. The van der Waals surface area contributed by atoms with Crippen molar-refractivity contribution in [2.24, 2.45) is 4.99 Å².